The summed E-state index contributed by atoms with van der Waals surface area (Å²) in [4.78, 5) is 17.4. The first-order valence-electron chi connectivity index (χ1n) is 9.41. The Morgan fingerprint density at radius 1 is 1.04 bits per heavy atom. The maximum Gasteiger partial charge on any atom is 0.257 e. The quantitative estimate of drug-likeness (QED) is 0.851. The van der Waals surface area contributed by atoms with Crippen molar-refractivity contribution in [3.05, 3.63) is 60.1 Å². The van der Waals surface area contributed by atoms with E-state index in [0.717, 1.165) is 39.0 Å². The molecule has 1 unspecified atom stereocenters. The van der Waals surface area contributed by atoms with Gasteiger partial charge in [-0.25, -0.2) is 0 Å². The maximum atomic E-state index is 12.7. The van der Waals surface area contributed by atoms with Crippen molar-refractivity contribution < 1.29 is 9.21 Å². The smallest absolute Gasteiger partial charge is 0.257 e. The van der Waals surface area contributed by atoms with E-state index >= 15 is 0 Å². The summed E-state index contributed by atoms with van der Waals surface area (Å²) >= 11 is 0. The van der Waals surface area contributed by atoms with E-state index in [1.807, 2.05) is 0 Å². The monoisotopic (exact) mass is 338 g/mol. The van der Waals surface area contributed by atoms with Gasteiger partial charge in [0.15, 0.2) is 0 Å². The Morgan fingerprint density at radius 2 is 1.84 bits per heavy atom. The van der Waals surface area contributed by atoms with E-state index in [4.69, 9.17) is 4.42 Å². The second-order valence-corrected chi connectivity index (χ2v) is 7.32. The van der Waals surface area contributed by atoms with E-state index in [0.29, 0.717) is 17.5 Å². The molecule has 2 saturated heterocycles. The fraction of sp³-hybridized carbons (Fsp3) is 0.476. The SMILES string of the molecule is O=C(c1ccoc1)N1CCCC1C1CCN(Cc2ccccc2)CC1. The van der Waals surface area contributed by atoms with Crippen LogP contribution in [0.15, 0.2) is 53.3 Å². The Kier molecular flexibility index (Phi) is 4.88. The summed E-state index contributed by atoms with van der Waals surface area (Å²) in [7, 11) is 0. The third-order valence-corrected chi connectivity index (χ3v) is 5.75. The standard InChI is InChI=1S/C21H26N2O2/c24-21(19-10-14-25-16-19)23-11-4-7-20(23)18-8-12-22(13-9-18)15-17-5-2-1-3-6-17/h1-3,5-6,10,14,16,18,20H,4,7-9,11-13,15H2. The fourth-order valence-electron chi connectivity index (χ4n) is 4.42. The summed E-state index contributed by atoms with van der Waals surface area (Å²) in [5.41, 5.74) is 2.08. The lowest BCUT2D eigenvalue weighted by molar-refractivity contribution is 0.0613. The summed E-state index contributed by atoms with van der Waals surface area (Å²) < 4.78 is 5.09. The Bertz CT molecular complexity index is 675. The molecule has 1 aromatic carbocycles. The molecule has 0 radical (unpaired) electrons. The number of benzene rings is 1. The van der Waals surface area contributed by atoms with Gasteiger partial charge in [0, 0.05) is 19.1 Å². The minimum atomic E-state index is 0.142. The Hall–Kier alpha value is -2.07. The molecule has 4 heteroatoms. The molecule has 1 aromatic heterocycles. The van der Waals surface area contributed by atoms with Crippen molar-refractivity contribution in [1.82, 2.24) is 9.80 Å². The highest BCUT2D eigenvalue weighted by Crippen LogP contribution is 2.32. The van der Waals surface area contributed by atoms with Crippen LogP contribution in [-0.4, -0.2) is 41.4 Å². The highest BCUT2D eigenvalue weighted by atomic mass is 16.3. The predicted octanol–water partition coefficient (Wildman–Crippen LogP) is 3.80. The highest BCUT2D eigenvalue weighted by Gasteiger charge is 2.36. The lowest BCUT2D eigenvalue weighted by Crippen LogP contribution is -2.44. The zero-order valence-electron chi connectivity index (χ0n) is 14.6. The van der Waals surface area contributed by atoms with Gasteiger partial charge in [0.1, 0.15) is 6.26 Å². The Labute approximate surface area is 149 Å². The first kappa shape index (κ1) is 16.4. The van der Waals surface area contributed by atoms with Crippen molar-refractivity contribution in [2.45, 2.75) is 38.3 Å². The van der Waals surface area contributed by atoms with Crippen LogP contribution in [0.25, 0.3) is 0 Å². The van der Waals surface area contributed by atoms with Crippen LogP contribution < -0.4 is 0 Å². The molecule has 2 aliphatic rings. The first-order valence-corrected chi connectivity index (χ1v) is 9.41. The second kappa shape index (κ2) is 7.44. The molecule has 0 aliphatic carbocycles. The van der Waals surface area contributed by atoms with Crippen LogP contribution in [0.3, 0.4) is 0 Å². The average molecular weight is 338 g/mol. The number of likely N-dealkylation sites (tertiary alicyclic amines) is 2. The Balaban J connectivity index is 1.34. The van der Waals surface area contributed by atoms with Gasteiger partial charge in [-0.15, -0.1) is 0 Å². The van der Waals surface area contributed by atoms with Crippen molar-refractivity contribution >= 4 is 5.91 Å². The molecule has 0 N–H and O–H groups in total. The summed E-state index contributed by atoms with van der Waals surface area (Å²) in [5, 5.41) is 0. The van der Waals surface area contributed by atoms with Crippen molar-refractivity contribution in [2.75, 3.05) is 19.6 Å². The average Bonchev–Trinajstić information content (AvgIpc) is 3.35. The van der Waals surface area contributed by atoms with Gasteiger partial charge in [0.25, 0.3) is 5.91 Å². The second-order valence-electron chi connectivity index (χ2n) is 7.32. The summed E-state index contributed by atoms with van der Waals surface area (Å²) in [6.45, 7) is 4.18. The topological polar surface area (TPSA) is 36.7 Å². The molecule has 4 nitrogen and oxygen atoms in total. The van der Waals surface area contributed by atoms with Crippen LogP contribution in [0, 0.1) is 5.92 Å². The third-order valence-electron chi connectivity index (χ3n) is 5.75. The number of hydrogen-bond acceptors (Lipinski definition) is 3. The molecule has 4 rings (SSSR count). The van der Waals surface area contributed by atoms with E-state index in [9.17, 15) is 4.79 Å². The van der Waals surface area contributed by atoms with E-state index in [-0.39, 0.29) is 5.91 Å². The molecular formula is C21H26N2O2. The number of furan rings is 1. The minimum Gasteiger partial charge on any atom is -0.472 e. The normalized spacial score (nSPS) is 22.4. The molecular weight excluding hydrogens is 312 g/mol. The highest BCUT2D eigenvalue weighted by molar-refractivity contribution is 5.94. The molecule has 0 spiro atoms. The number of carbonyl (C=O) groups is 1. The van der Waals surface area contributed by atoms with E-state index in [1.54, 1.807) is 18.6 Å². The maximum absolute atomic E-state index is 12.7. The summed E-state index contributed by atoms with van der Waals surface area (Å²) in [6, 6.07) is 12.9. The van der Waals surface area contributed by atoms with Gasteiger partial charge in [-0.3, -0.25) is 9.69 Å². The molecule has 1 amide bonds. The first-order chi connectivity index (χ1) is 12.3. The lowest BCUT2D eigenvalue weighted by atomic mass is 9.87. The van der Waals surface area contributed by atoms with Crippen LogP contribution in [0.4, 0.5) is 0 Å². The van der Waals surface area contributed by atoms with Gasteiger partial charge in [0.2, 0.25) is 0 Å². The van der Waals surface area contributed by atoms with Gasteiger partial charge < -0.3 is 9.32 Å². The minimum absolute atomic E-state index is 0.142. The van der Waals surface area contributed by atoms with Crippen LogP contribution in [0.2, 0.25) is 0 Å². The van der Waals surface area contributed by atoms with Gasteiger partial charge in [-0.1, -0.05) is 30.3 Å². The molecule has 1 atom stereocenters. The number of carbonyl (C=O) groups excluding carboxylic acids is 1. The number of hydrogen-bond donors (Lipinski definition) is 0. The molecule has 0 bridgehead atoms. The van der Waals surface area contributed by atoms with E-state index in [1.165, 1.54) is 18.4 Å². The number of piperidine rings is 1. The zero-order valence-corrected chi connectivity index (χ0v) is 14.6. The zero-order chi connectivity index (χ0) is 17.1. The van der Waals surface area contributed by atoms with Gasteiger partial charge in [0.05, 0.1) is 11.8 Å². The number of amides is 1. The lowest BCUT2D eigenvalue weighted by Gasteiger charge is -2.38. The summed E-state index contributed by atoms with van der Waals surface area (Å²) in [6.07, 6.45) is 7.80. The van der Waals surface area contributed by atoms with Crippen molar-refractivity contribution in [3.8, 4) is 0 Å². The van der Waals surface area contributed by atoms with Crippen molar-refractivity contribution in [1.29, 1.82) is 0 Å². The molecule has 3 heterocycles. The largest absolute Gasteiger partial charge is 0.472 e. The van der Waals surface area contributed by atoms with Gasteiger partial charge >= 0.3 is 0 Å². The molecule has 2 fully saturated rings. The number of nitrogens with zero attached hydrogens (tertiary/aromatic N) is 2. The number of rotatable bonds is 4. The van der Waals surface area contributed by atoms with Crippen LogP contribution >= 0.6 is 0 Å². The molecule has 2 aromatic rings. The van der Waals surface area contributed by atoms with E-state index in [2.05, 4.69) is 40.1 Å². The van der Waals surface area contributed by atoms with Gasteiger partial charge in [-0.05, 0) is 56.3 Å². The van der Waals surface area contributed by atoms with Crippen LogP contribution in [0.1, 0.15) is 41.6 Å². The molecule has 0 saturated carbocycles. The van der Waals surface area contributed by atoms with Crippen molar-refractivity contribution in [2.24, 2.45) is 5.92 Å². The fourth-order valence-corrected chi connectivity index (χ4v) is 4.42. The molecule has 2 aliphatic heterocycles. The van der Waals surface area contributed by atoms with Crippen LogP contribution in [-0.2, 0) is 6.54 Å². The van der Waals surface area contributed by atoms with Gasteiger partial charge in [-0.2, -0.15) is 0 Å². The molecule has 25 heavy (non-hydrogen) atoms. The predicted molar refractivity (Wildman–Crippen MR) is 97.2 cm³/mol. The Morgan fingerprint density at radius 3 is 2.56 bits per heavy atom. The van der Waals surface area contributed by atoms with Crippen LogP contribution in [0.5, 0.6) is 0 Å². The summed E-state index contributed by atoms with van der Waals surface area (Å²) in [5.74, 6) is 0.772. The third kappa shape index (κ3) is 3.64. The van der Waals surface area contributed by atoms with Crippen molar-refractivity contribution in [3.63, 3.8) is 0 Å². The van der Waals surface area contributed by atoms with E-state index < -0.39 is 0 Å². The molecule has 132 valence electrons.